The molecule has 1 atom stereocenters. The average Bonchev–Trinajstić information content (AvgIpc) is 2.62. The Labute approximate surface area is 172 Å². The van der Waals surface area contributed by atoms with Crippen molar-refractivity contribution in [2.24, 2.45) is 5.73 Å². The van der Waals surface area contributed by atoms with E-state index in [9.17, 15) is 4.79 Å². The molecule has 1 heterocycles. The van der Waals surface area contributed by atoms with Gasteiger partial charge in [-0.2, -0.15) is 0 Å². The van der Waals surface area contributed by atoms with E-state index in [0.29, 0.717) is 13.1 Å². The van der Waals surface area contributed by atoms with Crippen molar-refractivity contribution in [3.05, 3.63) is 65.2 Å². The molecule has 26 heavy (non-hydrogen) atoms. The van der Waals surface area contributed by atoms with Crippen LogP contribution in [-0.2, 0) is 10.3 Å². The number of hydrogen-bond donors (Lipinski definition) is 1. The quantitative estimate of drug-likeness (QED) is 0.830. The smallest absolute Gasteiger partial charge is 0.247 e. The van der Waals surface area contributed by atoms with Crippen LogP contribution in [0.3, 0.4) is 0 Å². The second-order valence-electron chi connectivity index (χ2n) is 6.32. The zero-order chi connectivity index (χ0) is 17.2. The van der Waals surface area contributed by atoms with Gasteiger partial charge >= 0.3 is 0 Å². The van der Waals surface area contributed by atoms with Gasteiger partial charge in [-0.25, -0.2) is 0 Å². The Morgan fingerprint density at radius 3 is 2.04 bits per heavy atom. The second-order valence-corrected chi connectivity index (χ2v) is 6.76. The van der Waals surface area contributed by atoms with Gasteiger partial charge < -0.3 is 15.5 Å². The number of benzene rings is 2. The van der Waals surface area contributed by atoms with Crippen molar-refractivity contribution in [3.8, 4) is 0 Å². The van der Waals surface area contributed by atoms with E-state index in [1.165, 1.54) is 0 Å². The van der Waals surface area contributed by atoms with Crippen molar-refractivity contribution in [2.45, 2.75) is 12.5 Å². The van der Waals surface area contributed by atoms with E-state index < -0.39 is 5.54 Å². The molecule has 1 saturated heterocycles. The number of amides is 1. The van der Waals surface area contributed by atoms with E-state index in [1.54, 1.807) is 6.92 Å². The second kappa shape index (κ2) is 9.47. The van der Waals surface area contributed by atoms with Crippen LogP contribution in [0, 0.1) is 0 Å². The normalized spacial score (nSPS) is 16.1. The molecule has 0 saturated carbocycles. The van der Waals surface area contributed by atoms with Gasteiger partial charge in [0.25, 0.3) is 0 Å². The Balaban J connectivity index is 0.00000169. The molecule has 2 N–H and O–H groups in total. The molecule has 1 fully saturated rings. The topological polar surface area (TPSA) is 49.6 Å². The number of carbonyl (C=O) groups is 1. The molecule has 0 aromatic heterocycles. The molecule has 1 aliphatic rings. The summed E-state index contributed by atoms with van der Waals surface area (Å²) in [5, 5.41) is 0.731. The SMILES string of the molecule is CC(N)(C(=O)N1CCN(c2ccc(Cl)cc2)CC1)c1ccccc1.Cl.Cl. The third kappa shape index (κ3) is 4.83. The van der Waals surface area contributed by atoms with Crippen LogP contribution in [-0.4, -0.2) is 37.0 Å². The summed E-state index contributed by atoms with van der Waals surface area (Å²) < 4.78 is 0. The van der Waals surface area contributed by atoms with Gasteiger partial charge in [-0.05, 0) is 36.8 Å². The lowest BCUT2D eigenvalue weighted by Gasteiger charge is -2.39. The number of halogens is 3. The highest BCUT2D eigenvalue weighted by atomic mass is 35.5. The fourth-order valence-corrected chi connectivity index (χ4v) is 3.18. The summed E-state index contributed by atoms with van der Waals surface area (Å²) in [5.74, 6) is -0.0237. The number of nitrogens with zero attached hydrogens (tertiary/aromatic N) is 2. The third-order valence-corrected chi connectivity index (χ3v) is 4.83. The van der Waals surface area contributed by atoms with Crippen LogP contribution in [0.4, 0.5) is 5.69 Å². The van der Waals surface area contributed by atoms with Gasteiger partial charge in [0.15, 0.2) is 0 Å². The van der Waals surface area contributed by atoms with Crippen molar-refractivity contribution in [1.82, 2.24) is 4.90 Å². The maximum atomic E-state index is 12.9. The minimum atomic E-state index is -0.996. The van der Waals surface area contributed by atoms with Crippen molar-refractivity contribution in [3.63, 3.8) is 0 Å². The van der Waals surface area contributed by atoms with E-state index in [4.69, 9.17) is 17.3 Å². The predicted octanol–water partition coefficient (Wildman–Crippen LogP) is 3.71. The van der Waals surface area contributed by atoms with Gasteiger partial charge in [0.1, 0.15) is 5.54 Å². The highest BCUT2D eigenvalue weighted by Crippen LogP contribution is 2.23. The fourth-order valence-electron chi connectivity index (χ4n) is 3.06. The van der Waals surface area contributed by atoms with Crippen LogP contribution in [0.5, 0.6) is 0 Å². The maximum absolute atomic E-state index is 12.9. The highest BCUT2D eigenvalue weighted by Gasteiger charge is 2.35. The van der Waals surface area contributed by atoms with E-state index in [-0.39, 0.29) is 30.7 Å². The van der Waals surface area contributed by atoms with Gasteiger partial charge in [0.2, 0.25) is 5.91 Å². The minimum Gasteiger partial charge on any atom is -0.368 e. The first-order valence-electron chi connectivity index (χ1n) is 8.13. The minimum absolute atomic E-state index is 0. The first-order valence-corrected chi connectivity index (χ1v) is 8.50. The van der Waals surface area contributed by atoms with E-state index in [0.717, 1.165) is 29.4 Å². The largest absolute Gasteiger partial charge is 0.368 e. The Bertz CT molecular complexity index is 700. The number of anilines is 1. The van der Waals surface area contributed by atoms with Crippen LogP contribution in [0.1, 0.15) is 12.5 Å². The van der Waals surface area contributed by atoms with Gasteiger partial charge in [-0.1, -0.05) is 41.9 Å². The van der Waals surface area contributed by atoms with Crippen LogP contribution in [0.2, 0.25) is 5.02 Å². The van der Waals surface area contributed by atoms with Crippen LogP contribution in [0.25, 0.3) is 0 Å². The zero-order valence-corrected chi connectivity index (χ0v) is 17.0. The summed E-state index contributed by atoms with van der Waals surface area (Å²) in [6.45, 7) is 4.70. The number of piperazine rings is 1. The average molecular weight is 417 g/mol. The molecule has 0 aliphatic carbocycles. The van der Waals surface area contributed by atoms with E-state index >= 15 is 0 Å². The van der Waals surface area contributed by atoms with Gasteiger partial charge in [-0.15, -0.1) is 24.8 Å². The molecular formula is C19H24Cl3N3O. The van der Waals surface area contributed by atoms with E-state index in [2.05, 4.69) is 4.90 Å². The van der Waals surface area contributed by atoms with Crippen molar-refractivity contribution in [2.75, 3.05) is 31.1 Å². The lowest BCUT2D eigenvalue weighted by Crippen LogP contribution is -2.56. The lowest BCUT2D eigenvalue weighted by atomic mass is 9.91. The fraction of sp³-hybridized carbons (Fsp3) is 0.316. The van der Waals surface area contributed by atoms with Gasteiger partial charge in [0.05, 0.1) is 0 Å². The molecule has 1 amide bonds. The van der Waals surface area contributed by atoms with Crippen LogP contribution >= 0.6 is 36.4 Å². The number of nitrogens with two attached hydrogens (primary N) is 1. The highest BCUT2D eigenvalue weighted by molar-refractivity contribution is 6.30. The summed E-state index contributed by atoms with van der Waals surface area (Å²) in [6, 6.07) is 17.4. The number of carbonyl (C=O) groups excluding carboxylic acids is 1. The molecule has 2 aromatic carbocycles. The molecule has 0 bridgehead atoms. The molecule has 3 rings (SSSR count). The first kappa shape index (κ1) is 22.6. The zero-order valence-electron chi connectivity index (χ0n) is 14.6. The van der Waals surface area contributed by atoms with E-state index in [1.807, 2.05) is 59.5 Å². The van der Waals surface area contributed by atoms with Crippen LogP contribution in [0.15, 0.2) is 54.6 Å². The molecule has 4 nitrogen and oxygen atoms in total. The molecule has 1 aliphatic heterocycles. The Hall–Kier alpha value is -1.46. The monoisotopic (exact) mass is 415 g/mol. The summed E-state index contributed by atoms with van der Waals surface area (Å²) in [6.07, 6.45) is 0. The summed E-state index contributed by atoms with van der Waals surface area (Å²) in [5.41, 5.74) is 7.33. The summed E-state index contributed by atoms with van der Waals surface area (Å²) in [7, 11) is 0. The lowest BCUT2D eigenvalue weighted by molar-refractivity contribution is -0.137. The first-order chi connectivity index (χ1) is 11.5. The van der Waals surface area contributed by atoms with Crippen molar-refractivity contribution in [1.29, 1.82) is 0 Å². The van der Waals surface area contributed by atoms with Crippen molar-refractivity contribution < 1.29 is 4.79 Å². The van der Waals surface area contributed by atoms with Gasteiger partial charge in [-0.3, -0.25) is 4.79 Å². The molecule has 7 heteroatoms. The third-order valence-electron chi connectivity index (χ3n) is 4.58. The Kier molecular flexibility index (Phi) is 8.22. The summed E-state index contributed by atoms with van der Waals surface area (Å²) >= 11 is 5.94. The number of hydrogen-bond acceptors (Lipinski definition) is 3. The Morgan fingerprint density at radius 1 is 0.962 bits per heavy atom. The molecule has 1 unspecified atom stereocenters. The molecule has 2 aromatic rings. The predicted molar refractivity (Wildman–Crippen MR) is 113 cm³/mol. The molecule has 0 spiro atoms. The molecule has 0 radical (unpaired) electrons. The molecule has 142 valence electrons. The Morgan fingerprint density at radius 2 is 1.50 bits per heavy atom. The standard InChI is InChI=1S/C19H22ClN3O.2ClH/c1-19(21,15-5-3-2-4-6-15)18(24)23-13-11-22(12-14-23)17-9-7-16(20)8-10-17;;/h2-10H,11-14,21H2,1H3;2*1H. The van der Waals surface area contributed by atoms with Crippen LogP contribution < -0.4 is 10.6 Å². The number of rotatable bonds is 3. The summed E-state index contributed by atoms with van der Waals surface area (Å²) in [4.78, 5) is 17.0. The van der Waals surface area contributed by atoms with Gasteiger partial charge in [0, 0.05) is 36.9 Å². The molecular weight excluding hydrogens is 393 g/mol. The maximum Gasteiger partial charge on any atom is 0.247 e. The van der Waals surface area contributed by atoms with Crippen molar-refractivity contribution >= 4 is 48.0 Å².